The van der Waals surface area contributed by atoms with Crippen molar-refractivity contribution in [2.24, 2.45) is 34.5 Å². The lowest BCUT2D eigenvalue weighted by atomic mass is 9.84. The van der Waals surface area contributed by atoms with E-state index in [4.69, 9.17) is 14.7 Å². The van der Waals surface area contributed by atoms with Crippen LogP contribution in [0.15, 0.2) is 35.8 Å². The predicted octanol–water partition coefficient (Wildman–Crippen LogP) is 7.43. The van der Waals surface area contributed by atoms with E-state index in [1.54, 1.807) is 0 Å². The second kappa shape index (κ2) is 20.7. The van der Waals surface area contributed by atoms with E-state index in [0.717, 1.165) is 110 Å². The first kappa shape index (κ1) is 52.3. The fraction of sp³-hybridized carbons (Fsp3) is 0.650. The number of amides is 4. The molecule has 6 atom stereocenters. The summed E-state index contributed by atoms with van der Waals surface area (Å²) in [5.74, 6) is 0.520. The van der Waals surface area contributed by atoms with Gasteiger partial charge in [-0.15, -0.1) is 11.3 Å². The van der Waals surface area contributed by atoms with Gasteiger partial charge in [-0.05, 0) is 126 Å². The van der Waals surface area contributed by atoms with Crippen LogP contribution in [0.4, 0.5) is 5.69 Å². The van der Waals surface area contributed by atoms with E-state index in [2.05, 4.69) is 91.0 Å². The molecule has 4 aromatic rings. The van der Waals surface area contributed by atoms with E-state index in [-0.39, 0.29) is 54.4 Å². The van der Waals surface area contributed by atoms with Crippen LogP contribution in [0.3, 0.4) is 0 Å². The molecular weight excluding hydrogens is 989 g/mol. The summed E-state index contributed by atoms with van der Waals surface area (Å²) in [6.45, 7) is 17.5. The maximum absolute atomic E-state index is 15.2. The summed E-state index contributed by atoms with van der Waals surface area (Å²) in [4.78, 5) is 92.0. The highest BCUT2D eigenvalue weighted by Gasteiger charge is 2.58. The molecule has 412 valence electrons. The van der Waals surface area contributed by atoms with Gasteiger partial charge in [0.25, 0.3) is 5.91 Å². The Balaban J connectivity index is 0.876. The van der Waals surface area contributed by atoms with Crippen molar-refractivity contribution < 1.29 is 28.7 Å². The minimum atomic E-state index is -1.03. The number of cyclic esters (lactones) is 1. The minimum absolute atomic E-state index is 0.0325. The third-order valence-electron chi connectivity index (χ3n) is 18.9. The van der Waals surface area contributed by atoms with Crippen molar-refractivity contribution in [3.05, 3.63) is 52.1 Å². The number of piperazine rings is 1. The van der Waals surface area contributed by atoms with Gasteiger partial charge in [0.15, 0.2) is 0 Å². The van der Waals surface area contributed by atoms with E-state index in [1.807, 2.05) is 21.4 Å². The number of ether oxygens (including phenoxy) is 1. The highest BCUT2D eigenvalue weighted by Crippen LogP contribution is 2.56. The van der Waals surface area contributed by atoms with Gasteiger partial charge in [0.2, 0.25) is 17.7 Å². The molecule has 77 heavy (non-hydrogen) atoms. The van der Waals surface area contributed by atoms with E-state index >= 15 is 9.59 Å². The molecule has 8 heterocycles. The van der Waals surface area contributed by atoms with Crippen LogP contribution in [0.1, 0.15) is 127 Å². The number of hydrogen-bond acceptors (Lipinski definition) is 12. The summed E-state index contributed by atoms with van der Waals surface area (Å²) in [5, 5.41) is 8.58. The summed E-state index contributed by atoms with van der Waals surface area (Å²) in [6.07, 6.45) is 12.1. The van der Waals surface area contributed by atoms with Crippen LogP contribution >= 0.6 is 11.3 Å². The Hall–Kier alpha value is -5.39. The van der Waals surface area contributed by atoms with Crippen molar-refractivity contribution in [3.63, 3.8) is 0 Å². The van der Waals surface area contributed by atoms with Crippen LogP contribution in [0.25, 0.3) is 33.4 Å². The minimum Gasteiger partial charge on any atom is -0.464 e. The number of likely N-dealkylation sites (tertiary alicyclic amines) is 2. The molecule has 16 nitrogen and oxygen atoms in total. The Morgan fingerprint density at radius 1 is 0.948 bits per heavy atom. The van der Waals surface area contributed by atoms with Gasteiger partial charge >= 0.3 is 5.97 Å². The molecule has 1 spiro atoms. The molecule has 7 fully saturated rings. The molecule has 12 rings (SSSR count). The zero-order chi connectivity index (χ0) is 53.5. The highest BCUT2D eigenvalue weighted by molar-refractivity contribution is 7.10. The van der Waals surface area contributed by atoms with Crippen molar-refractivity contribution in [1.82, 2.24) is 45.0 Å². The van der Waals surface area contributed by atoms with Crippen molar-refractivity contribution in [2.45, 2.75) is 149 Å². The lowest BCUT2D eigenvalue weighted by Crippen LogP contribution is -2.62. The number of anilines is 1. The summed E-state index contributed by atoms with van der Waals surface area (Å²) in [6, 6.07) is 6.42. The van der Waals surface area contributed by atoms with E-state index < -0.39 is 34.9 Å². The van der Waals surface area contributed by atoms with Crippen LogP contribution in [0.2, 0.25) is 0 Å². The average Bonchev–Trinajstić information content (AvgIpc) is 4.25. The summed E-state index contributed by atoms with van der Waals surface area (Å²) in [7, 11) is 2.18. The summed E-state index contributed by atoms with van der Waals surface area (Å²) < 4.78 is 8.70. The number of likely N-dealkylation sites (N-methyl/N-ethyl adjacent to an activating group) is 1. The molecule has 3 saturated carbocycles. The second-order valence-electron chi connectivity index (χ2n) is 25.4. The topological polar surface area (TPSA) is 166 Å². The van der Waals surface area contributed by atoms with E-state index in [0.29, 0.717) is 75.1 Å². The molecule has 4 amide bonds. The summed E-state index contributed by atoms with van der Waals surface area (Å²) >= 11 is 1.47. The first-order chi connectivity index (χ1) is 37.1. The van der Waals surface area contributed by atoms with E-state index in [9.17, 15) is 14.4 Å². The van der Waals surface area contributed by atoms with Crippen LogP contribution in [-0.4, -0.2) is 148 Å². The first-order valence-electron chi connectivity index (χ1n) is 29.3. The molecule has 0 radical (unpaired) electrons. The Morgan fingerprint density at radius 3 is 2.48 bits per heavy atom. The zero-order valence-electron chi connectivity index (χ0n) is 46.3. The number of esters is 1. The van der Waals surface area contributed by atoms with Gasteiger partial charge in [0.1, 0.15) is 18.1 Å². The van der Waals surface area contributed by atoms with Gasteiger partial charge in [-0.3, -0.25) is 34.0 Å². The van der Waals surface area contributed by atoms with Gasteiger partial charge in [-0.1, -0.05) is 46.6 Å². The maximum Gasteiger partial charge on any atom is 0.324 e. The third-order valence-corrected chi connectivity index (χ3v) is 19.8. The molecule has 2 N–H and O–H groups in total. The Morgan fingerprint density at radius 2 is 1.73 bits per heavy atom. The number of nitrogens with one attached hydrogen (secondary N) is 2. The number of carbonyl (C=O) groups is 5. The molecule has 4 saturated heterocycles. The number of rotatable bonds is 10. The SMILES string of the molecule is CCn1c(-c2cc(N3CCN(C)CC3)cnc2C(C)C)c2c3cc(ccc31)-c1csc(n1)C[C@H](NC(=O)[C@H](C1CCCC1)N1CC[C@]3(CCN(C(=O)[C@@H]4C[C@@H]4C4CC4)C3)C1=O)C(=O)N1CCC[C@H](N1)C(=O)OCC(C)(C)C2. The number of thiazole rings is 1. The van der Waals surface area contributed by atoms with Crippen LogP contribution in [-0.2, 0) is 48.1 Å². The number of nitrogens with zero attached hydrogens (tertiary/aromatic N) is 8. The number of aryl methyl sites for hydroxylation is 1. The largest absolute Gasteiger partial charge is 0.464 e. The fourth-order valence-corrected chi connectivity index (χ4v) is 15.2. The Labute approximate surface area is 458 Å². The number of fused-ring (bicyclic) bond motifs is 6. The highest BCUT2D eigenvalue weighted by atomic mass is 32.1. The number of benzene rings is 1. The molecule has 1 aromatic carbocycles. The monoisotopic (exact) mass is 1070 g/mol. The molecule has 17 heteroatoms. The van der Waals surface area contributed by atoms with Crippen molar-refractivity contribution >= 4 is 57.5 Å². The Kier molecular flexibility index (Phi) is 14.1. The van der Waals surface area contributed by atoms with Crippen molar-refractivity contribution in [2.75, 3.05) is 70.9 Å². The second-order valence-corrected chi connectivity index (χ2v) is 26.3. The summed E-state index contributed by atoms with van der Waals surface area (Å²) in [5.41, 5.74) is 10.5. The van der Waals surface area contributed by atoms with Gasteiger partial charge in [0.05, 0.1) is 46.0 Å². The predicted molar refractivity (Wildman–Crippen MR) is 298 cm³/mol. The normalized spacial score (nSPS) is 27.8. The molecule has 0 unspecified atom stereocenters. The fourth-order valence-electron chi connectivity index (χ4n) is 14.3. The number of hydrazine groups is 1. The number of hydrogen-bond donors (Lipinski definition) is 2. The van der Waals surface area contributed by atoms with Gasteiger partial charge in [-0.25, -0.2) is 10.4 Å². The zero-order valence-corrected chi connectivity index (χ0v) is 47.1. The van der Waals surface area contributed by atoms with Gasteiger partial charge in [0, 0.05) is 104 Å². The van der Waals surface area contributed by atoms with Gasteiger partial charge in [-0.2, -0.15) is 0 Å². The first-order valence-corrected chi connectivity index (χ1v) is 30.1. The van der Waals surface area contributed by atoms with Crippen LogP contribution < -0.4 is 15.6 Å². The molecule has 3 aromatic heterocycles. The van der Waals surface area contributed by atoms with Crippen LogP contribution in [0, 0.1) is 34.5 Å². The average molecular weight is 1070 g/mol. The lowest BCUT2D eigenvalue weighted by molar-refractivity contribution is -0.155. The smallest absolute Gasteiger partial charge is 0.324 e. The van der Waals surface area contributed by atoms with Crippen molar-refractivity contribution in [3.8, 4) is 22.5 Å². The standard InChI is InChI=1S/C60H80N10O6S/c1-7-68-49-17-16-39-27-42(49)45(53(68)44-28-40(32-61-51(44)36(2)3)66-25-23-65(6)24-26-66)31-59(4,5)35-76-57(74)46-13-10-20-70(64-46)56(73)47(30-50-62-48(39)33-77-50)63-54(71)52(38-11-8-9-12-38)69-22-19-60(58(69)75)18-21-67(34-60)55(72)43-29-41(43)37-14-15-37/h16-17,27-28,32-33,36-38,41,43,46-47,52,64H,7-15,18-26,29-31,34-35H2,1-6H3,(H,63,71)/t41-,43-,46+,47+,52+,60+/m1/s1. The molecular formula is C60H80N10O6S. The Bertz CT molecular complexity index is 2950. The third kappa shape index (κ3) is 10.1. The maximum atomic E-state index is 15.2. The van der Waals surface area contributed by atoms with Crippen LogP contribution in [0.5, 0.6) is 0 Å². The lowest BCUT2D eigenvalue weighted by Gasteiger charge is -2.37. The van der Waals surface area contributed by atoms with Crippen molar-refractivity contribution in [1.29, 1.82) is 0 Å². The molecule has 3 aliphatic carbocycles. The molecule has 6 bridgehead atoms. The van der Waals surface area contributed by atoms with Gasteiger partial charge < -0.3 is 34.2 Å². The molecule has 8 aliphatic rings. The molecule has 5 aliphatic heterocycles. The number of carbonyl (C=O) groups excluding carboxylic acids is 5. The number of pyridine rings is 1. The quantitative estimate of drug-likeness (QED) is 0.152. The number of aromatic nitrogens is 3. The van der Waals surface area contributed by atoms with E-state index in [1.165, 1.54) is 34.8 Å².